The minimum atomic E-state index is -0.796. The van der Waals surface area contributed by atoms with Crippen LogP contribution in [-0.2, 0) is 7.05 Å². The number of rotatable bonds is 2. The Hall–Kier alpha value is -2.91. The summed E-state index contributed by atoms with van der Waals surface area (Å²) in [6.07, 6.45) is 2.40. The summed E-state index contributed by atoms with van der Waals surface area (Å²) < 4.78 is 7.44. The largest absolute Gasteiger partial charge is 0.454 e. The summed E-state index contributed by atoms with van der Waals surface area (Å²) in [5, 5.41) is 23.7. The molecule has 0 saturated carbocycles. The van der Waals surface area contributed by atoms with Gasteiger partial charge in [0.1, 0.15) is 17.2 Å². The summed E-state index contributed by atoms with van der Waals surface area (Å²) in [5.74, 6) is 0.170. The van der Waals surface area contributed by atoms with Crippen molar-refractivity contribution in [2.45, 2.75) is 20.0 Å². The number of nitriles is 1. The lowest BCUT2D eigenvalue weighted by Gasteiger charge is -2.11. The van der Waals surface area contributed by atoms with Gasteiger partial charge in [0.15, 0.2) is 5.76 Å². The van der Waals surface area contributed by atoms with Crippen LogP contribution in [0.2, 0.25) is 0 Å². The number of aliphatic hydroxyl groups excluding tert-OH is 1. The summed E-state index contributed by atoms with van der Waals surface area (Å²) in [7, 11) is 1.74. The molecule has 6 heteroatoms. The average Bonchev–Trinajstić information content (AvgIpc) is 2.93. The molecule has 23 heavy (non-hydrogen) atoms. The van der Waals surface area contributed by atoms with Gasteiger partial charge in [0.2, 0.25) is 5.43 Å². The van der Waals surface area contributed by atoms with Crippen molar-refractivity contribution >= 4 is 11.0 Å². The maximum Gasteiger partial charge on any atom is 0.211 e. The van der Waals surface area contributed by atoms with Crippen molar-refractivity contribution < 1.29 is 9.52 Å². The number of benzene rings is 1. The van der Waals surface area contributed by atoms with Crippen LogP contribution in [-0.4, -0.2) is 14.9 Å². The maximum atomic E-state index is 12.7. The van der Waals surface area contributed by atoms with Gasteiger partial charge in [0.25, 0.3) is 0 Å². The number of aryl methyl sites for hydroxylation is 2. The molecule has 2 heterocycles. The molecule has 0 aliphatic heterocycles. The highest BCUT2D eigenvalue weighted by molar-refractivity contribution is 5.85. The van der Waals surface area contributed by atoms with Gasteiger partial charge in [-0.2, -0.15) is 10.4 Å². The Morgan fingerprint density at radius 2 is 2.17 bits per heavy atom. The highest BCUT2D eigenvalue weighted by Gasteiger charge is 2.20. The number of fused-ring (bicyclic) bond motifs is 1. The van der Waals surface area contributed by atoms with E-state index in [4.69, 9.17) is 4.42 Å². The molecular weight excluding hydrogens is 294 g/mol. The molecule has 0 bridgehead atoms. The molecule has 1 atom stereocenters. The first kappa shape index (κ1) is 15.0. The van der Waals surface area contributed by atoms with E-state index in [-0.39, 0.29) is 11.3 Å². The average molecular weight is 309 g/mol. The molecule has 2 aromatic heterocycles. The van der Waals surface area contributed by atoms with Gasteiger partial charge in [-0.25, -0.2) is 0 Å². The Labute approximate surface area is 132 Å². The fourth-order valence-corrected chi connectivity index (χ4v) is 2.63. The summed E-state index contributed by atoms with van der Waals surface area (Å²) in [6.45, 7) is 3.43. The van der Waals surface area contributed by atoms with E-state index in [1.807, 2.05) is 13.0 Å². The van der Waals surface area contributed by atoms with Gasteiger partial charge in [-0.05, 0) is 31.5 Å². The first-order chi connectivity index (χ1) is 10.9. The van der Waals surface area contributed by atoms with Crippen LogP contribution in [0.15, 0.2) is 33.7 Å². The number of aliphatic hydroxyl groups is 1. The molecular formula is C17H15N3O3. The van der Waals surface area contributed by atoms with Gasteiger partial charge < -0.3 is 9.52 Å². The number of nitrogens with zero attached hydrogens (tertiary/aromatic N) is 3. The van der Waals surface area contributed by atoms with Crippen LogP contribution < -0.4 is 5.43 Å². The van der Waals surface area contributed by atoms with Gasteiger partial charge in [-0.1, -0.05) is 0 Å². The minimum Gasteiger partial charge on any atom is -0.454 e. The monoisotopic (exact) mass is 309 g/mol. The van der Waals surface area contributed by atoms with Crippen molar-refractivity contribution in [2.75, 3.05) is 0 Å². The predicted molar refractivity (Wildman–Crippen MR) is 84.8 cm³/mol. The van der Waals surface area contributed by atoms with Crippen LogP contribution in [0.5, 0.6) is 0 Å². The van der Waals surface area contributed by atoms with E-state index in [2.05, 4.69) is 5.10 Å². The second-order valence-corrected chi connectivity index (χ2v) is 5.56. The van der Waals surface area contributed by atoms with Gasteiger partial charge in [-0.15, -0.1) is 0 Å². The Morgan fingerprint density at radius 3 is 2.74 bits per heavy atom. The summed E-state index contributed by atoms with van der Waals surface area (Å²) in [6, 6.07) is 5.37. The quantitative estimate of drug-likeness (QED) is 0.785. The van der Waals surface area contributed by atoms with Gasteiger partial charge in [-0.3, -0.25) is 9.48 Å². The molecule has 0 spiro atoms. The lowest BCUT2D eigenvalue weighted by atomic mass is 10.0. The highest BCUT2D eigenvalue weighted by Crippen LogP contribution is 2.30. The van der Waals surface area contributed by atoms with Crippen molar-refractivity contribution in [1.82, 2.24) is 9.78 Å². The fraction of sp³-hybridized carbons (Fsp3) is 0.235. The second-order valence-electron chi connectivity index (χ2n) is 5.56. The smallest absolute Gasteiger partial charge is 0.211 e. The van der Waals surface area contributed by atoms with E-state index in [0.717, 1.165) is 5.56 Å². The molecule has 0 radical (unpaired) electrons. The Bertz CT molecular complexity index is 1010. The zero-order valence-corrected chi connectivity index (χ0v) is 13.0. The van der Waals surface area contributed by atoms with Crippen LogP contribution in [0.25, 0.3) is 22.3 Å². The lowest BCUT2D eigenvalue weighted by molar-refractivity contribution is 0.199. The van der Waals surface area contributed by atoms with E-state index >= 15 is 0 Å². The molecule has 3 aromatic rings. The lowest BCUT2D eigenvalue weighted by Crippen LogP contribution is -2.10. The van der Waals surface area contributed by atoms with Crippen LogP contribution in [0, 0.1) is 18.3 Å². The maximum absolute atomic E-state index is 12.7. The van der Waals surface area contributed by atoms with Gasteiger partial charge >= 0.3 is 0 Å². The first-order valence-corrected chi connectivity index (χ1v) is 7.11. The predicted octanol–water partition coefficient (Wildman–Crippen LogP) is 2.43. The minimum absolute atomic E-state index is 0.0624. The molecule has 3 rings (SSSR count). The third kappa shape index (κ3) is 2.41. The van der Waals surface area contributed by atoms with Crippen molar-refractivity contribution in [1.29, 1.82) is 5.26 Å². The normalized spacial score (nSPS) is 12.3. The Morgan fingerprint density at radius 1 is 1.43 bits per heavy atom. The van der Waals surface area contributed by atoms with Gasteiger partial charge in [0, 0.05) is 18.8 Å². The standard InChI is InChI=1S/C17H15N3O3/c1-9-4-12(10(2)21)17-13(5-9)15(22)14(6-18)16(23-17)11-7-19-20(3)8-11/h4-5,7-8,10,21H,1-3H3/t10-/m0/s1. The second kappa shape index (κ2) is 5.38. The zero-order valence-electron chi connectivity index (χ0n) is 13.0. The van der Waals surface area contributed by atoms with E-state index in [1.54, 1.807) is 37.0 Å². The fourth-order valence-electron chi connectivity index (χ4n) is 2.63. The van der Waals surface area contributed by atoms with E-state index < -0.39 is 11.5 Å². The zero-order chi connectivity index (χ0) is 16.7. The van der Waals surface area contributed by atoms with E-state index in [0.29, 0.717) is 22.1 Å². The van der Waals surface area contributed by atoms with Crippen molar-refractivity contribution in [3.8, 4) is 17.4 Å². The highest BCUT2D eigenvalue weighted by atomic mass is 16.3. The number of hydrogen-bond acceptors (Lipinski definition) is 5. The van der Waals surface area contributed by atoms with Crippen LogP contribution >= 0.6 is 0 Å². The van der Waals surface area contributed by atoms with Gasteiger partial charge in [0.05, 0.1) is 23.3 Å². The topological polar surface area (TPSA) is 92.1 Å². The summed E-state index contributed by atoms with van der Waals surface area (Å²) >= 11 is 0. The van der Waals surface area contributed by atoms with E-state index in [9.17, 15) is 15.2 Å². The molecule has 0 unspecified atom stereocenters. The van der Waals surface area contributed by atoms with Crippen molar-refractivity contribution in [2.24, 2.45) is 7.05 Å². The van der Waals surface area contributed by atoms with E-state index in [1.165, 1.54) is 6.20 Å². The molecule has 1 aromatic carbocycles. The van der Waals surface area contributed by atoms with Crippen molar-refractivity contribution in [3.63, 3.8) is 0 Å². The van der Waals surface area contributed by atoms with Crippen LogP contribution in [0.4, 0.5) is 0 Å². The third-order valence-electron chi connectivity index (χ3n) is 3.69. The molecule has 6 nitrogen and oxygen atoms in total. The first-order valence-electron chi connectivity index (χ1n) is 7.11. The molecule has 1 N–H and O–H groups in total. The SMILES string of the molecule is Cc1cc([C@H](C)O)c2oc(-c3cnn(C)c3)c(C#N)c(=O)c2c1. The number of aromatic nitrogens is 2. The third-order valence-corrected chi connectivity index (χ3v) is 3.69. The molecule has 0 saturated heterocycles. The molecule has 0 amide bonds. The molecule has 116 valence electrons. The Balaban J connectivity index is 2.47. The number of hydrogen-bond donors (Lipinski definition) is 1. The van der Waals surface area contributed by atoms with Crippen LogP contribution in [0.1, 0.15) is 29.7 Å². The Kier molecular flexibility index (Phi) is 3.51. The van der Waals surface area contributed by atoms with Crippen LogP contribution in [0.3, 0.4) is 0 Å². The van der Waals surface area contributed by atoms with Crippen molar-refractivity contribution in [3.05, 3.63) is 51.4 Å². The molecule has 0 fully saturated rings. The molecule has 0 aliphatic rings. The summed E-state index contributed by atoms with van der Waals surface area (Å²) in [4.78, 5) is 12.7. The molecule has 0 aliphatic carbocycles. The summed E-state index contributed by atoms with van der Waals surface area (Å²) in [5.41, 5.74) is 1.71.